The Morgan fingerprint density at radius 1 is 1.19 bits per heavy atom. The summed E-state index contributed by atoms with van der Waals surface area (Å²) in [5.74, 6) is 0.760. The van der Waals surface area contributed by atoms with Gasteiger partial charge in [-0.3, -0.25) is 0 Å². The maximum Gasteiger partial charge on any atom is 0.253 e. The van der Waals surface area contributed by atoms with E-state index in [0.29, 0.717) is 10.8 Å². The van der Waals surface area contributed by atoms with Gasteiger partial charge >= 0.3 is 0 Å². The number of hydrogen-bond donors (Lipinski definition) is 0. The van der Waals surface area contributed by atoms with Crippen molar-refractivity contribution in [2.24, 2.45) is 5.41 Å². The van der Waals surface area contributed by atoms with Gasteiger partial charge in [-0.2, -0.15) is 4.31 Å². The summed E-state index contributed by atoms with van der Waals surface area (Å²) in [4.78, 5) is 0. The molecule has 2 aromatic rings. The molecule has 1 unspecified atom stereocenters. The highest BCUT2D eigenvalue weighted by atomic mass is 32.2. The number of rotatable bonds is 9. The summed E-state index contributed by atoms with van der Waals surface area (Å²) in [5.41, 5.74) is 0.756. The zero-order valence-corrected chi connectivity index (χ0v) is 18.3. The molecule has 1 aromatic heterocycles. The van der Waals surface area contributed by atoms with Crippen LogP contribution in [0.5, 0.6) is 5.75 Å². The smallest absolute Gasteiger partial charge is 0.253 e. The second kappa shape index (κ2) is 9.22. The number of thiophene rings is 1. The molecule has 0 bridgehead atoms. The molecule has 0 saturated carbocycles. The van der Waals surface area contributed by atoms with Crippen LogP contribution in [0.25, 0.3) is 0 Å². The van der Waals surface area contributed by atoms with Crippen LogP contribution in [0.4, 0.5) is 0 Å². The largest absolute Gasteiger partial charge is 0.497 e. The SMILES string of the molecule is [CH2]CCCC(N(Cc1ccc(OC)cc1)S(=O)(=O)c1cccs1)C(C)(C)C. The van der Waals surface area contributed by atoms with Crippen LogP contribution in [0, 0.1) is 12.3 Å². The molecule has 0 aliphatic heterocycles. The quantitative estimate of drug-likeness (QED) is 0.560. The Morgan fingerprint density at radius 2 is 1.85 bits per heavy atom. The third-order valence-corrected chi connectivity index (χ3v) is 7.86. The summed E-state index contributed by atoms with van der Waals surface area (Å²) in [5, 5.41) is 1.81. The van der Waals surface area contributed by atoms with E-state index in [1.807, 2.05) is 24.3 Å². The molecule has 0 aliphatic carbocycles. The molecule has 4 nitrogen and oxygen atoms in total. The van der Waals surface area contributed by atoms with Crippen molar-refractivity contribution in [2.45, 2.75) is 56.8 Å². The van der Waals surface area contributed by atoms with Gasteiger partial charge < -0.3 is 4.74 Å². The highest BCUT2D eigenvalue weighted by molar-refractivity contribution is 7.91. The Kier molecular flexibility index (Phi) is 7.48. The minimum absolute atomic E-state index is 0.117. The molecule has 27 heavy (non-hydrogen) atoms. The van der Waals surface area contributed by atoms with Gasteiger partial charge in [0.25, 0.3) is 10.0 Å². The van der Waals surface area contributed by atoms with Crippen molar-refractivity contribution in [3.63, 3.8) is 0 Å². The van der Waals surface area contributed by atoms with Crippen LogP contribution in [0.1, 0.15) is 45.6 Å². The van der Waals surface area contributed by atoms with E-state index in [4.69, 9.17) is 4.74 Å². The first-order valence-electron chi connectivity index (χ1n) is 9.17. The first kappa shape index (κ1) is 21.9. The van der Waals surface area contributed by atoms with Crippen molar-refractivity contribution >= 4 is 21.4 Å². The van der Waals surface area contributed by atoms with Crippen LogP contribution in [-0.4, -0.2) is 25.9 Å². The lowest BCUT2D eigenvalue weighted by molar-refractivity contribution is 0.158. The van der Waals surface area contributed by atoms with Gasteiger partial charge in [0, 0.05) is 12.6 Å². The molecular formula is C21H30NO3S2. The summed E-state index contributed by atoms with van der Waals surface area (Å²) < 4.78 is 34.2. The third kappa shape index (κ3) is 5.56. The molecule has 0 amide bonds. The molecule has 6 heteroatoms. The predicted octanol–water partition coefficient (Wildman–Crippen LogP) is 5.37. The summed E-state index contributed by atoms with van der Waals surface area (Å²) in [6.45, 7) is 10.6. The fraction of sp³-hybridized carbons (Fsp3) is 0.476. The maximum atomic E-state index is 13.5. The predicted molar refractivity (Wildman–Crippen MR) is 112 cm³/mol. The molecule has 0 aliphatic rings. The van der Waals surface area contributed by atoms with Crippen molar-refractivity contribution in [3.05, 3.63) is 54.3 Å². The molecule has 1 radical (unpaired) electrons. The van der Waals surface area contributed by atoms with Crippen LogP contribution in [-0.2, 0) is 16.6 Å². The Bertz CT molecular complexity index is 791. The number of hydrogen-bond acceptors (Lipinski definition) is 4. The molecule has 1 heterocycles. The lowest BCUT2D eigenvalue weighted by atomic mass is 9.83. The zero-order chi connectivity index (χ0) is 20.1. The first-order chi connectivity index (χ1) is 12.7. The van der Waals surface area contributed by atoms with Crippen molar-refractivity contribution in [1.82, 2.24) is 4.31 Å². The van der Waals surface area contributed by atoms with Crippen LogP contribution in [0.2, 0.25) is 0 Å². The summed E-state index contributed by atoms with van der Waals surface area (Å²) in [6, 6.07) is 10.9. The topological polar surface area (TPSA) is 46.6 Å². The van der Waals surface area contributed by atoms with Gasteiger partial charge in [-0.05, 0) is 41.0 Å². The number of nitrogens with zero attached hydrogens (tertiary/aromatic N) is 1. The van der Waals surface area contributed by atoms with Crippen molar-refractivity contribution in [2.75, 3.05) is 7.11 Å². The number of unbranched alkanes of at least 4 members (excludes halogenated alkanes) is 1. The summed E-state index contributed by atoms with van der Waals surface area (Å²) in [6.07, 6.45) is 2.47. The number of methoxy groups -OCH3 is 1. The van der Waals surface area contributed by atoms with Gasteiger partial charge in [0.05, 0.1) is 7.11 Å². The Labute approximate surface area is 168 Å². The van der Waals surface area contributed by atoms with Crippen LogP contribution in [0.3, 0.4) is 0 Å². The lowest BCUT2D eigenvalue weighted by Gasteiger charge is -2.39. The van der Waals surface area contributed by atoms with Gasteiger partial charge in [-0.1, -0.05) is 58.7 Å². The standard InChI is InChI=1S/C21H30NO3S2/c1-6-7-9-19(21(2,3)4)22(27(23,24)20-10-8-15-26-20)16-17-11-13-18(25-5)14-12-17/h8,10-15,19H,1,6-7,9,16H2,2-5H3. The van der Waals surface area contributed by atoms with Gasteiger partial charge in [0.15, 0.2) is 0 Å². The second-order valence-electron chi connectivity index (χ2n) is 7.71. The van der Waals surface area contributed by atoms with Gasteiger partial charge in [-0.25, -0.2) is 8.42 Å². The molecule has 0 N–H and O–H groups in total. The molecule has 149 valence electrons. The monoisotopic (exact) mass is 408 g/mol. The molecule has 2 rings (SSSR count). The van der Waals surface area contributed by atoms with Gasteiger partial charge in [0.2, 0.25) is 0 Å². The minimum Gasteiger partial charge on any atom is -0.497 e. The maximum absolute atomic E-state index is 13.5. The Hall–Kier alpha value is -1.37. The molecular weight excluding hydrogens is 378 g/mol. The van der Waals surface area contributed by atoms with Gasteiger partial charge in [-0.15, -0.1) is 11.3 Å². The van der Waals surface area contributed by atoms with E-state index in [2.05, 4.69) is 27.7 Å². The fourth-order valence-corrected chi connectivity index (χ4v) is 6.09. The number of sulfonamides is 1. The van der Waals surface area contributed by atoms with Crippen molar-refractivity contribution in [1.29, 1.82) is 0 Å². The van der Waals surface area contributed by atoms with Crippen molar-refractivity contribution < 1.29 is 13.2 Å². The van der Waals surface area contributed by atoms with Crippen molar-refractivity contribution in [3.8, 4) is 5.75 Å². The fourth-order valence-electron chi connectivity index (χ4n) is 3.15. The van der Waals surface area contributed by atoms with E-state index in [1.165, 1.54) is 11.3 Å². The highest BCUT2D eigenvalue weighted by Gasteiger charge is 2.38. The van der Waals surface area contributed by atoms with E-state index in [0.717, 1.165) is 30.6 Å². The van der Waals surface area contributed by atoms with Crippen LogP contribution >= 0.6 is 11.3 Å². The van der Waals surface area contributed by atoms with E-state index < -0.39 is 10.0 Å². The molecule has 1 aromatic carbocycles. The Balaban J connectivity index is 2.45. The van der Waals surface area contributed by atoms with E-state index in [9.17, 15) is 8.42 Å². The second-order valence-corrected chi connectivity index (χ2v) is 10.8. The van der Waals surface area contributed by atoms with Crippen LogP contribution < -0.4 is 4.74 Å². The zero-order valence-electron chi connectivity index (χ0n) is 16.6. The average molecular weight is 409 g/mol. The normalized spacial score (nSPS) is 13.7. The lowest BCUT2D eigenvalue weighted by Crippen LogP contribution is -2.46. The molecule has 0 spiro atoms. The number of benzene rings is 1. The molecule has 0 saturated heterocycles. The van der Waals surface area contributed by atoms with E-state index in [-0.39, 0.29) is 11.5 Å². The number of ether oxygens (including phenoxy) is 1. The van der Waals surface area contributed by atoms with Gasteiger partial charge in [0.1, 0.15) is 9.96 Å². The average Bonchev–Trinajstić information content (AvgIpc) is 3.16. The summed E-state index contributed by atoms with van der Waals surface area (Å²) >= 11 is 1.26. The molecule has 0 fully saturated rings. The van der Waals surface area contributed by atoms with E-state index in [1.54, 1.807) is 28.9 Å². The van der Waals surface area contributed by atoms with E-state index >= 15 is 0 Å². The highest BCUT2D eigenvalue weighted by Crippen LogP contribution is 2.35. The Morgan fingerprint density at radius 3 is 2.33 bits per heavy atom. The minimum atomic E-state index is -3.58. The molecule has 1 atom stereocenters. The first-order valence-corrected chi connectivity index (χ1v) is 11.5. The third-order valence-electron chi connectivity index (χ3n) is 4.63. The summed E-state index contributed by atoms with van der Waals surface area (Å²) in [7, 11) is -1.96. The van der Waals surface area contributed by atoms with Crippen LogP contribution in [0.15, 0.2) is 46.0 Å².